The summed E-state index contributed by atoms with van der Waals surface area (Å²) < 4.78 is 2.00. The molecule has 0 aliphatic carbocycles. The lowest BCUT2D eigenvalue weighted by Crippen LogP contribution is -2.31. The number of aryl methyl sites for hydroxylation is 1. The van der Waals surface area contributed by atoms with E-state index in [9.17, 15) is 0 Å². The number of hydrogen-bond acceptors (Lipinski definition) is 3. The zero-order valence-electron chi connectivity index (χ0n) is 13.9. The van der Waals surface area contributed by atoms with E-state index in [0.29, 0.717) is 0 Å². The van der Waals surface area contributed by atoms with Crippen molar-refractivity contribution in [3.8, 4) is 0 Å². The second-order valence-electron chi connectivity index (χ2n) is 6.51. The van der Waals surface area contributed by atoms with E-state index in [1.165, 1.54) is 30.6 Å². The number of rotatable bonds is 3. The summed E-state index contributed by atoms with van der Waals surface area (Å²) in [6.07, 6.45) is 4.62. The average Bonchev–Trinajstić information content (AvgIpc) is 2.99. The Balaban J connectivity index is 1.70. The summed E-state index contributed by atoms with van der Waals surface area (Å²) in [5.41, 5.74) is 4.22. The van der Waals surface area contributed by atoms with Crippen LogP contribution in [0.2, 0.25) is 5.02 Å². The van der Waals surface area contributed by atoms with Gasteiger partial charge in [0, 0.05) is 42.4 Å². The van der Waals surface area contributed by atoms with E-state index in [-0.39, 0.29) is 0 Å². The molecule has 0 bridgehead atoms. The number of hydrogen-bond donors (Lipinski definition) is 0. The zero-order valence-corrected chi connectivity index (χ0v) is 14.6. The molecule has 0 saturated carbocycles. The van der Waals surface area contributed by atoms with E-state index in [1.807, 2.05) is 16.6 Å². The Kier molecular flexibility index (Phi) is 4.15. The van der Waals surface area contributed by atoms with Gasteiger partial charge in [-0.2, -0.15) is 9.61 Å². The summed E-state index contributed by atoms with van der Waals surface area (Å²) in [4.78, 5) is 7.09. The third-order valence-corrected chi connectivity index (χ3v) is 4.82. The fraction of sp³-hybridized carbons (Fsp3) is 0.368. The van der Waals surface area contributed by atoms with Gasteiger partial charge >= 0.3 is 0 Å². The summed E-state index contributed by atoms with van der Waals surface area (Å²) in [6, 6.07) is 12.2. The van der Waals surface area contributed by atoms with Crippen molar-refractivity contribution in [2.24, 2.45) is 0 Å². The lowest BCUT2D eigenvalue weighted by atomic mass is 10.1. The van der Waals surface area contributed by atoms with Crippen LogP contribution in [0.15, 0.2) is 36.4 Å². The molecule has 0 spiro atoms. The van der Waals surface area contributed by atoms with E-state index in [4.69, 9.17) is 16.7 Å². The van der Waals surface area contributed by atoms with Gasteiger partial charge in [-0.3, -0.25) is 0 Å². The first-order valence-corrected chi connectivity index (χ1v) is 8.92. The molecule has 0 atom stereocenters. The van der Waals surface area contributed by atoms with Crippen molar-refractivity contribution < 1.29 is 0 Å². The van der Waals surface area contributed by atoms with Gasteiger partial charge in [-0.25, -0.2) is 4.98 Å². The molecule has 1 aliphatic heterocycles. The smallest absolute Gasteiger partial charge is 0.157 e. The van der Waals surface area contributed by atoms with Gasteiger partial charge in [-0.05, 0) is 43.9 Å². The van der Waals surface area contributed by atoms with Crippen LogP contribution in [0.25, 0.3) is 5.65 Å². The van der Waals surface area contributed by atoms with Crippen LogP contribution in [0, 0.1) is 6.92 Å². The average molecular weight is 341 g/mol. The molecule has 1 fully saturated rings. The van der Waals surface area contributed by atoms with Crippen LogP contribution >= 0.6 is 11.6 Å². The van der Waals surface area contributed by atoms with Crippen molar-refractivity contribution >= 4 is 23.1 Å². The molecule has 1 aliphatic rings. The highest BCUT2D eigenvalue weighted by atomic mass is 35.5. The quantitative estimate of drug-likeness (QED) is 0.713. The number of benzene rings is 1. The van der Waals surface area contributed by atoms with Crippen molar-refractivity contribution in [1.82, 2.24) is 14.6 Å². The molecule has 4 nitrogen and oxygen atoms in total. The highest BCUT2D eigenvalue weighted by Gasteiger charge is 2.16. The topological polar surface area (TPSA) is 33.4 Å². The van der Waals surface area contributed by atoms with E-state index >= 15 is 0 Å². The SMILES string of the molecule is Cc1cc(N2CCCCC2)n2nc(Cc3ccc(Cl)cc3)cc2n1. The Morgan fingerprint density at radius 2 is 1.79 bits per heavy atom. The van der Waals surface area contributed by atoms with E-state index in [0.717, 1.165) is 41.6 Å². The van der Waals surface area contributed by atoms with E-state index in [2.05, 4.69) is 41.1 Å². The standard InChI is InChI=1S/C19H21ClN4/c1-14-11-19(23-9-3-2-4-10-23)24-18(21-14)13-17(22-24)12-15-5-7-16(20)8-6-15/h5-8,11,13H,2-4,9-10,12H2,1H3. The Morgan fingerprint density at radius 1 is 1.04 bits per heavy atom. The second-order valence-corrected chi connectivity index (χ2v) is 6.95. The fourth-order valence-corrected chi connectivity index (χ4v) is 3.50. The molecule has 0 radical (unpaired) electrons. The molecule has 2 aromatic heterocycles. The first-order chi connectivity index (χ1) is 11.7. The predicted octanol–water partition coefficient (Wildman–Crippen LogP) is 4.27. The minimum atomic E-state index is 0.762. The van der Waals surface area contributed by atoms with Gasteiger partial charge in [0.15, 0.2) is 5.65 Å². The highest BCUT2D eigenvalue weighted by molar-refractivity contribution is 6.30. The summed E-state index contributed by atoms with van der Waals surface area (Å²) >= 11 is 5.97. The molecular formula is C19H21ClN4. The first-order valence-electron chi connectivity index (χ1n) is 8.55. The third kappa shape index (κ3) is 3.11. The van der Waals surface area contributed by atoms with Crippen LogP contribution in [-0.4, -0.2) is 27.7 Å². The van der Waals surface area contributed by atoms with Crippen molar-refractivity contribution in [2.75, 3.05) is 18.0 Å². The molecular weight excluding hydrogens is 320 g/mol. The Bertz CT molecular complexity index is 848. The maximum atomic E-state index is 5.97. The Hall–Kier alpha value is -2.07. The van der Waals surface area contributed by atoms with Crippen LogP contribution in [0.5, 0.6) is 0 Å². The molecule has 0 N–H and O–H groups in total. The number of fused-ring (bicyclic) bond motifs is 1. The van der Waals surface area contributed by atoms with Crippen LogP contribution in [0.3, 0.4) is 0 Å². The van der Waals surface area contributed by atoms with Crippen LogP contribution < -0.4 is 4.90 Å². The Labute approximate surface area is 147 Å². The van der Waals surface area contributed by atoms with Gasteiger partial charge in [-0.1, -0.05) is 23.7 Å². The lowest BCUT2D eigenvalue weighted by Gasteiger charge is -2.28. The number of anilines is 1. The van der Waals surface area contributed by atoms with Gasteiger partial charge in [0.1, 0.15) is 5.82 Å². The molecule has 1 aromatic carbocycles. The second kappa shape index (κ2) is 6.44. The zero-order chi connectivity index (χ0) is 16.5. The first kappa shape index (κ1) is 15.5. The maximum Gasteiger partial charge on any atom is 0.157 e. The molecule has 3 heterocycles. The number of piperidine rings is 1. The summed E-state index contributed by atoms with van der Waals surface area (Å²) in [5.74, 6) is 1.17. The minimum absolute atomic E-state index is 0.762. The van der Waals surface area contributed by atoms with E-state index in [1.54, 1.807) is 0 Å². The van der Waals surface area contributed by atoms with Crippen LogP contribution in [0.4, 0.5) is 5.82 Å². The van der Waals surface area contributed by atoms with Gasteiger partial charge in [0.25, 0.3) is 0 Å². The largest absolute Gasteiger partial charge is 0.356 e. The summed E-state index contributed by atoms with van der Waals surface area (Å²) in [5, 5.41) is 5.59. The van der Waals surface area contributed by atoms with Crippen molar-refractivity contribution in [1.29, 1.82) is 0 Å². The van der Waals surface area contributed by atoms with Crippen molar-refractivity contribution in [3.05, 3.63) is 58.4 Å². The van der Waals surface area contributed by atoms with Gasteiger partial charge in [-0.15, -0.1) is 0 Å². The molecule has 0 unspecified atom stereocenters. The highest BCUT2D eigenvalue weighted by Crippen LogP contribution is 2.23. The van der Waals surface area contributed by atoms with Crippen molar-refractivity contribution in [2.45, 2.75) is 32.6 Å². The molecule has 0 amide bonds. The van der Waals surface area contributed by atoms with Gasteiger partial charge < -0.3 is 4.90 Å². The fourth-order valence-electron chi connectivity index (χ4n) is 3.37. The minimum Gasteiger partial charge on any atom is -0.356 e. The summed E-state index contributed by atoms with van der Waals surface area (Å²) in [7, 11) is 0. The monoisotopic (exact) mass is 340 g/mol. The van der Waals surface area contributed by atoms with Crippen LogP contribution in [-0.2, 0) is 6.42 Å². The molecule has 5 heteroatoms. The number of nitrogens with zero attached hydrogens (tertiary/aromatic N) is 4. The maximum absolute atomic E-state index is 5.97. The third-order valence-electron chi connectivity index (χ3n) is 4.57. The number of halogens is 1. The normalized spacial score (nSPS) is 15.2. The molecule has 3 aromatic rings. The van der Waals surface area contributed by atoms with E-state index < -0.39 is 0 Å². The number of aromatic nitrogens is 3. The Morgan fingerprint density at radius 3 is 2.54 bits per heavy atom. The van der Waals surface area contributed by atoms with Crippen molar-refractivity contribution in [3.63, 3.8) is 0 Å². The molecule has 24 heavy (non-hydrogen) atoms. The molecule has 124 valence electrons. The molecule has 1 saturated heterocycles. The van der Waals surface area contributed by atoms with Gasteiger partial charge in [0.05, 0.1) is 5.69 Å². The predicted molar refractivity (Wildman–Crippen MR) is 98.0 cm³/mol. The van der Waals surface area contributed by atoms with Crippen LogP contribution in [0.1, 0.15) is 36.2 Å². The van der Waals surface area contributed by atoms with Gasteiger partial charge in [0.2, 0.25) is 0 Å². The molecule has 4 rings (SSSR count). The lowest BCUT2D eigenvalue weighted by molar-refractivity contribution is 0.567. The summed E-state index contributed by atoms with van der Waals surface area (Å²) in [6.45, 7) is 4.26.